The summed E-state index contributed by atoms with van der Waals surface area (Å²) in [5.41, 5.74) is 20.4. The highest BCUT2D eigenvalue weighted by Crippen LogP contribution is 2.48. The van der Waals surface area contributed by atoms with Gasteiger partial charge in [-0.2, -0.15) is 5.26 Å². The second-order valence-electron chi connectivity index (χ2n) is 21.1. The van der Waals surface area contributed by atoms with Gasteiger partial charge in [-0.05, 0) is 111 Å². The number of benzene rings is 12. The molecule has 0 aliphatic rings. The van der Waals surface area contributed by atoms with Crippen LogP contribution in [0.15, 0.2) is 290 Å². The number of fused-ring (bicyclic) bond motifs is 9. The summed E-state index contributed by atoms with van der Waals surface area (Å²) in [5.74, 6) is 0.600. The zero-order valence-electron chi connectivity index (χ0n) is 44.8. The summed E-state index contributed by atoms with van der Waals surface area (Å²) in [4.78, 5) is 10.5. The lowest BCUT2D eigenvalue weighted by molar-refractivity contribution is 0.668. The molecule has 4 aromatic heterocycles. The highest BCUT2D eigenvalue weighted by atomic mass is 16.3. The molecular weight excluding hydrogens is 1010 g/mol. The molecule has 0 bridgehead atoms. The van der Waals surface area contributed by atoms with Crippen LogP contribution in [0.1, 0.15) is 5.56 Å². The Morgan fingerprint density at radius 2 is 0.711 bits per heavy atom. The van der Waals surface area contributed by atoms with Crippen LogP contribution in [0.4, 0.5) is 0 Å². The third kappa shape index (κ3) is 7.94. The second kappa shape index (κ2) is 19.5. The molecule has 0 radical (unpaired) electrons. The molecule has 16 rings (SSSR count). The minimum atomic E-state index is 0.411. The van der Waals surface area contributed by atoms with E-state index in [0.29, 0.717) is 28.2 Å². The molecule has 6 nitrogen and oxygen atoms in total. The van der Waals surface area contributed by atoms with Gasteiger partial charge in [0.05, 0.1) is 55.8 Å². The molecule has 0 saturated heterocycles. The van der Waals surface area contributed by atoms with Crippen molar-refractivity contribution in [1.29, 1.82) is 5.26 Å². The van der Waals surface area contributed by atoms with E-state index in [1.54, 1.807) is 0 Å². The van der Waals surface area contributed by atoms with Crippen LogP contribution in [0.5, 0.6) is 0 Å². The molecule has 386 valence electrons. The summed E-state index contributed by atoms with van der Waals surface area (Å²) in [7, 11) is 0. The molecule has 83 heavy (non-hydrogen) atoms. The first kappa shape index (κ1) is 47.6. The quantitative estimate of drug-likeness (QED) is 0.144. The molecule has 6 heteroatoms. The summed E-state index contributed by atoms with van der Waals surface area (Å²) >= 11 is 0. The third-order valence-electron chi connectivity index (χ3n) is 16.4. The summed E-state index contributed by atoms with van der Waals surface area (Å²) in [6.45, 7) is 0. The van der Waals surface area contributed by atoms with Crippen LogP contribution >= 0.6 is 0 Å². The summed E-state index contributed by atoms with van der Waals surface area (Å²) in [6, 6.07) is 103. The predicted molar refractivity (Wildman–Crippen MR) is 341 cm³/mol. The van der Waals surface area contributed by atoms with E-state index in [1.807, 2.05) is 54.6 Å². The molecule has 0 spiro atoms. The van der Waals surface area contributed by atoms with Crippen molar-refractivity contribution in [1.82, 2.24) is 19.1 Å². The topological polar surface area (TPSA) is 72.6 Å². The number of rotatable bonds is 9. The minimum Gasteiger partial charge on any atom is -0.454 e. The van der Waals surface area contributed by atoms with Crippen molar-refractivity contribution in [2.45, 2.75) is 0 Å². The minimum absolute atomic E-state index is 0.411. The monoisotopic (exact) mass is 1060 g/mol. The number of nitriles is 1. The maximum atomic E-state index is 11.6. The van der Waals surface area contributed by atoms with Gasteiger partial charge in [-0.15, -0.1) is 0 Å². The Hall–Kier alpha value is -11.4. The molecule has 0 fully saturated rings. The standard InChI is InChI=1S/C77H47N5O/c78-48-59-46-72(81-68-38-34-55(49-20-7-1-8-21-49)42-62(68)63-43-56(35-39-69(63)81)50-22-9-2-10-23-50)74(82-70-40-36-57(51-24-11-3-12-25-51)44-64(70)65-45-58(37-41-71(65)82)52-26-13-4-14-27-52)73-61-33-19-32-60(76(61)83-75(59)73)67-47-66(53-28-15-5-16-29-53)79-77(80-67)54-30-17-6-18-31-54/h1-47H. The number of nitrogens with zero attached hydrogens (tertiary/aromatic N) is 5. The maximum absolute atomic E-state index is 11.6. The van der Waals surface area contributed by atoms with Gasteiger partial charge >= 0.3 is 0 Å². The Morgan fingerprint density at radius 1 is 0.313 bits per heavy atom. The maximum Gasteiger partial charge on any atom is 0.160 e. The van der Waals surface area contributed by atoms with Gasteiger partial charge in [-0.3, -0.25) is 0 Å². The van der Waals surface area contributed by atoms with Crippen molar-refractivity contribution < 1.29 is 4.42 Å². The zero-order valence-corrected chi connectivity index (χ0v) is 44.8. The zero-order chi connectivity index (χ0) is 55.0. The molecular formula is C77H47N5O. The molecule has 0 amide bonds. The van der Waals surface area contributed by atoms with Crippen LogP contribution in [0.25, 0.3) is 155 Å². The normalized spacial score (nSPS) is 11.6. The van der Waals surface area contributed by atoms with Crippen LogP contribution in [0.3, 0.4) is 0 Å². The highest BCUT2D eigenvalue weighted by molar-refractivity contribution is 6.20. The van der Waals surface area contributed by atoms with E-state index >= 15 is 0 Å². The molecule has 0 aliphatic heterocycles. The van der Waals surface area contributed by atoms with E-state index in [9.17, 15) is 5.26 Å². The largest absolute Gasteiger partial charge is 0.454 e. The summed E-state index contributed by atoms with van der Waals surface area (Å²) < 4.78 is 12.1. The fourth-order valence-corrected chi connectivity index (χ4v) is 12.5. The smallest absolute Gasteiger partial charge is 0.160 e. The lowest BCUT2D eigenvalue weighted by Gasteiger charge is -2.19. The number of furan rings is 1. The highest BCUT2D eigenvalue weighted by Gasteiger charge is 2.29. The molecule has 12 aromatic carbocycles. The van der Waals surface area contributed by atoms with E-state index in [-0.39, 0.29) is 0 Å². The lowest BCUT2D eigenvalue weighted by Crippen LogP contribution is -2.05. The molecule has 0 unspecified atom stereocenters. The van der Waals surface area contributed by atoms with Crippen molar-refractivity contribution in [2.24, 2.45) is 0 Å². The van der Waals surface area contributed by atoms with Gasteiger partial charge in [0.15, 0.2) is 11.4 Å². The number of para-hydroxylation sites is 1. The molecule has 0 aliphatic carbocycles. The van der Waals surface area contributed by atoms with Gasteiger partial charge < -0.3 is 13.6 Å². The molecule has 0 saturated carbocycles. The molecule has 0 N–H and O–H groups in total. The first-order chi connectivity index (χ1) is 41.1. The average molecular weight is 1060 g/mol. The van der Waals surface area contributed by atoms with Gasteiger partial charge in [0.25, 0.3) is 0 Å². The molecule has 0 atom stereocenters. The number of hydrogen-bond acceptors (Lipinski definition) is 4. The van der Waals surface area contributed by atoms with Crippen molar-refractivity contribution in [3.05, 3.63) is 291 Å². The Morgan fingerprint density at radius 3 is 1.14 bits per heavy atom. The van der Waals surface area contributed by atoms with Crippen molar-refractivity contribution in [2.75, 3.05) is 0 Å². The Kier molecular flexibility index (Phi) is 11.2. The number of hydrogen-bond donors (Lipinski definition) is 0. The third-order valence-corrected chi connectivity index (χ3v) is 16.4. The van der Waals surface area contributed by atoms with Crippen molar-refractivity contribution >= 4 is 65.6 Å². The Bertz CT molecular complexity index is 4980. The molecule has 16 aromatic rings. The van der Waals surface area contributed by atoms with Crippen LogP contribution in [0, 0.1) is 11.3 Å². The van der Waals surface area contributed by atoms with Crippen molar-refractivity contribution in [3.8, 4) is 95.9 Å². The SMILES string of the molecule is N#Cc1cc(-n2c3ccc(-c4ccccc4)cc3c3cc(-c4ccccc4)ccc32)c(-n2c3ccc(-c4ccccc4)cc3c3cc(-c4ccccc4)ccc32)c2c1oc1c(-c3cc(-c4ccccc4)nc(-c4ccccc4)n3)cccc12. The predicted octanol–water partition coefficient (Wildman–Crippen LogP) is 20.1. The van der Waals surface area contributed by atoms with E-state index in [1.165, 1.54) is 0 Å². The van der Waals surface area contributed by atoms with E-state index in [0.717, 1.165) is 133 Å². The first-order valence-corrected chi connectivity index (χ1v) is 27.9. The van der Waals surface area contributed by atoms with Gasteiger partial charge in [0, 0.05) is 43.6 Å². The van der Waals surface area contributed by atoms with Crippen LogP contribution in [-0.2, 0) is 0 Å². The van der Waals surface area contributed by atoms with Gasteiger partial charge in [0.1, 0.15) is 11.7 Å². The molecule has 4 heterocycles. The van der Waals surface area contributed by atoms with Crippen LogP contribution in [-0.4, -0.2) is 19.1 Å². The summed E-state index contributed by atoms with van der Waals surface area (Å²) in [6.07, 6.45) is 0. The van der Waals surface area contributed by atoms with E-state index in [2.05, 4.69) is 246 Å². The van der Waals surface area contributed by atoms with Crippen LogP contribution < -0.4 is 0 Å². The average Bonchev–Trinajstić information content (AvgIpc) is 2.06. The lowest BCUT2D eigenvalue weighted by atomic mass is 10.0. The van der Waals surface area contributed by atoms with E-state index in [4.69, 9.17) is 14.4 Å². The van der Waals surface area contributed by atoms with Gasteiger partial charge in [0.2, 0.25) is 0 Å². The van der Waals surface area contributed by atoms with Crippen molar-refractivity contribution in [3.63, 3.8) is 0 Å². The Balaban J connectivity index is 1.06. The number of aromatic nitrogens is 4. The van der Waals surface area contributed by atoms with Gasteiger partial charge in [-0.25, -0.2) is 9.97 Å². The summed E-state index contributed by atoms with van der Waals surface area (Å²) in [5, 5.41) is 17.7. The van der Waals surface area contributed by atoms with E-state index < -0.39 is 0 Å². The fraction of sp³-hybridized carbons (Fsp3) is 0. The Labute approximate surface area is 478 Å². The second-order valence-corrected chi connectivity index (χ2v) is 21.1. The van der Waals surface area contributed by atoms with Crippen LogP contribution in [0.2, 0.25) is 0 Å². The first-order valence-electron chi connectivity index (χ1n) is 27.9. The van der Waals surface area contributed by atoms with Gasteiger partial charge in [-0.1, -0.05) is 218 Å². The fourth-order valence-electron chi connectivity index (χ4n) is 12.5.